The molecule has 1 aliphatic heterocycles. The van der Waals surface area contributed by atoms with Gasteiger partial charge < -0.3 is 10.2 Å². The first kappa shape index (κ1) is 12.7. The standard InChI is InChI=1S/C16H22N2/c1-4-14-15(17-5-2)7-6-8-16(14)18-11-9-13(3)10-12-18/h4-8,13,17H,1-2,9-12H2,3H3. The predicted octanol–water partition coefficient (Wildman–Crippen LogP) is 4.12. The minimum atomic E-state index is 0.850. The molecule has 1 aromatic rings. The molecule has 0 unspecified atom stereocenters. The fourth-order valence-corrected chi connectivity index (χ4v) is 2.53. The fraction of sp³-hybridized carbons (Fsp3) is 0.375. The third kappa shape index (κ3) is 2.58. The number of nitrogens with one attached hydrogen (secondary N) is 1. The highest BCUT2D eigenvalue weighted by Crippen LogP contribution is 2.31. The van der Waals surface area contributed by atoms with E-state index in [0.29, 0.717) is 0 Å². The van der Waals surface area contributed by atoms with E-state index in [4.69, 9.17) is 0 Å². The highest BCUT2D eigenvalue weighted by Gasteiger charge is 2.18. The summed E-state index contributed by atoms with van der Waals surface area (Å²) in [6.45, 7) is 12.3. The Balaban J connectivity index is 2.29. The SMILES string of the molecule is C=CNc1cccc(N2CCC(C)CC2)c1C=C. The second-order valence-electron chi connectivity index (χ2n) is 4.96. The van der Waals surface area contributed by atoms with Crippen LogP contribution in [0.4, 0.5) is 11.4 Å². The maximum absolute atomic E-state index is 3.94. The lowest BCUT2D eigenvalue weighted by Gasteiger charge is -2.33. The Kier molecular flexibility index (Phi) is 4.08. The van der Waals surface area contributed by atoms with E-state index >= 15 is 0 Å². The summed E-state index contributed by atoms with van der Waals surface area (Å²) in [5.74, 6) is 0.850. The third-order valence-electron chi connectivity index (χ3n) is 3.67. The van der Waals surface area contributed by atoms with E-state index in [9.17, 15) is 0 Å². The topological polar surface area (TPSA) is 15.3 Å². The van der Waals surface area contributed by atoms with Crippen LogP contribution in [0.3, 0.4) is 0 Å². The maximum Gasteiger partial charge on any atom is 0.0473 e. The maximum atomic E-state index is 3.94. The van der Waals surface area contributed by atoms with Gasteiger partial charge in [-0.15, -0.1) is 0 Å². The number of anilines is 2. The lowest BCUT2D eigenvalue weighted by Crippen LogP contribution is -2.33. The predicted molar refractivity (Wildman–Crippen MR) is 81.0 cm³/mol. The molecule has 0 atom stereocenters. The van der Waals surface area contributed by atoms with E-state index in [1.165, 1.54) is 24.1 Å². The van der Waals surface area contributed by atoms with E-state index in [0.717, 1.165) is 24.7 Å². The minimum absolute atomic E-state index is 0.850. The van der Waals surface area contributed by atoms with Crippen LogP contribution in [0.5, 0.6) is 0 Å². The van der Waals surface area contributed by atoms with Crippen molar-refractivity contribution in [3.05, 3.63) is 43.1 Å². The molecule has 1 aliphatic rings. The van der Waals surface area contributed by atoms with Gasteiger partial charge in [-0.25, -0.2) is 0 Å². The van der Waals surface area contributed by atoms with Gasteiger partial charge in [0.1, 0.15) is 0 Å². The molecule has 0 radical (unpaired) electrons. The zero-order chi connectivity index (χ0) is 13.0. The van der Waals surface area contributed by atoms with Crippen molar-refractivity contribution in [3.8, 4) is 0 Å². The Bertz CT molecular complexity index is 429. The molecular formula is C16H22N2. The number of benzene rings is 1. The summed E-state index contributed by atoms with van der Waals surface area (Å²) in [4.78, 5) is 2.46. The molecule has 1 N–H and O–H groups in total. The Morgan fingerprint density at radius 2 is 2.00 bits per heavy atom. The molecule has 1 saturated heterocycles. The Morgan fingerprint density at radius 3 is 2.61 bits per heavy atom. The first-order valence-corrected chi connectivity index (χ1v) is 6.64. The number of piperidine rings is 1. The largest absolute Gasteiger partial charge is 0.371 e. The summed E-state index contributed by atoms with van der Waals surface area (Å²) in [6, 6.07) is 6.34. The van der Waals surface area contributed by atoms with Crippen molar-refractivity contribution in [2.45, 2.75) is 19.8 Å². The molecule has 1 aromatic carbocycles. The Morgan fingerprint density at radius 1 is 1.28 bits per heavy atom. The van der Waals surface area contributed by atoms with Gasteiger partial charge in [0.2, 0.25) is 0 Å². The normalized spacial score (nSPS) is 16.4. The molecule has 2 heteroatoms. The van der Waals surface area contributed by atoms with Crippen LogP contribution in [0, 0.1) is 5.92 Å². The first-order chi connectivity index (χ1) is 8.76. The van der Waals surface area contributed by atoms with Crippen molar-refractivity contribution >= 4 is 17.5 Å². The number of nitrogens with zero attached hydrogens (tertiary/aromatic N) is 1. The van der Waals surface area contributed by atoms with Gasteiger partial charge in [0.15, 0.2) is 0 Å². The molecule has 1 fully saturated rings. The summed E-state index contributed by atoms with van der Waals surface area (Å²) in [6.07, 6.45) is 6.19. The number of hydrogen-bond donors (Lipinski definition) is 1. The van der Waals surface area contributed by atoms with E-state index in [2.05, 4.69) is 48.5 Å². The van der Waals surface area contributed by atoms with E-state index in [1.807, 2.05) is 6.08 Å². The summed E-state index contributed by atoms with van der Waals surface area (Å²) in [5.41, 5.74) is 3.53. The summed E-state index contributed by atoms with van der Waals surface area (Å²) in [7, 11) is 0. The molecule has 0 bridgehead atoms. The smallest absolute Gasteiger partial charge is 0.0473 e. The summed E-state index contributed by atoms with van der Waals surface area (Å²) >= 11 is 0. The van der Waals surface area contributed by atoms with Crippen molar-refractivity contribution in [3.63, 3.8) is 0 Å². The van der Waals surface area contributed by atoms with Gasteiger partial charge in [0, 0.05) is 30.0 Å². The summed E-state index contributed by atoms with van der Waals surface area (Å²) in [5, 5.41) is 3.18. The lowest BCUT2D eigenvalue weighted by molar-refractivity contribution is 0.438. The molecule has 96 valence electrons. The van der Waals surface area contributed by atoms with E-state index in [-0.39, 0.29) is 0 Å². The molecule has 0 amide bonds. The van der Waals surface area contributed by atoms with E-state index < -0.39 is 0 Å². The van der Waals surface area contributed by atoms with E-state index in [1.54, 1.807) is 6.20 Å². The van der Waals surface area contributed by atoms with Crippen LogP contribution in [0.1, 0.15) is 25.3 Å². The zero-order valence-electron chi connectivity index (χ0n) is 11.2. The molecule has 18 heavy (non-hydrogen) atoms. The van der Waals surface area contributed by atoms with Gasteiger partial charge in [-0.1, -0.05) is 32.2 Å². The zero-order valence-corrected chi connectivity index (χ0v) is 11.2. The van der Waals surface area contributed by atoms with Crippen molar-refractivity contribution < 1.29 is 0 Å². The van der Waals surface area contributed by atoms with Crippen LogP contribution in [-0.2, 0) is 0 Å². The molecular weight excluding hydrogens is 220 g/mol. The van der Waals surface area contributed by atoms with Crippen LogP contribution in [0.25, 0.3) is 6.08 Å². The van der Waals surface area contributed by atoms with Crippen molar-refractivity contribution in [1.29, 1.82) is 0 Å². The molecule has 1 heterocycles. The van der Waals surface area contributed by atoms with Gasteiger partial charge >= 0.3 is 0 Å². The van der Waals surface area contributed by atoms with Crippen LogP contribution < -0.4 is 10.2 Å². The molecule has 2 rings (SSSR count). The number of rotatable bonds is 4. The quantitative estimate of drug-likeness (QED) is 0.854. The molecule has 0 spiro atoms. The first-order valence-electron chi connectivity index (χ1n) is 6.64. The number of hydrogen-bond acceptors (Lipinski definition) is 2. The highest BCUT2D eigenvalue weighted by atomic mass is 15.1. The molecule has 0 saturated carbocycles. The van der Waals surface area contributed by atoms with Crippen LogP contribution in [0.15, 0.2) is 37.6 Å². The second-order valence-corrected chi connectivity index (χ2v) is 4.96. The van der Waals surface area contributed by atoms with Crippen molar-refractivity contribution in [1.82, 2.24) is 0 Å². The average molecular weight is 242 g/mol. The monoisotopic (exact) mass is 242 g/mol. The van der Waals surface area contributed by atoms with Gasteiger partial charge in [-0.2, -0.15) is 0 Å². The Hall–Kier alpha value is -1.70. The van der Waals surface area contributed by atoms with Gasteiger partial charge in [0.25, 0.3) is 0 Å². The Labute approximate surface area is 110 Å². The van der Waals surface area contributed by atoms with Gasteiger partial charge in [0.05, 0.1) is 0 Å². The van der Waals surface area contributed by atoms with Crippen LogP contribution in [-0.4, -0.2) is 13.1 Å². The van der Waals surface area contributed by atoms with Crippen LogP contribution in [0.2, 0.25) is 0 Å². The fourth-order valence-electron chi connectivity index (χ4n) is 2.53. The summed E-state index contributed by atoms with van der Waals surface area (Å²) < 4.78 is 0. The van der Waals surface area contributed by atoms with Gasteiger partial charge in [-0.05, 0) is 37.1 Å². The second kappa shape index (κ2) is 5.76. The van der Waals surface area contributed by atoms with Crippen molar-refractivity contribution in [2.75, 3.05) is 23.3 Å². The molecule has 2 nitrogen and oxygen atoms in total. The molecule has 0 aliphatic carbocycles. The minimum Gasteiger partial charge on any atom is -0.371 e. The lowest BCUT2D eigenvalue weighted by atomic mass is 9.97. The van der Waals surface area contributed by atoms with Crippen LogP contribution >= 0.6 is 0 Å². The third-order valence-corrected chi connectivity index (χ3v) is 3.67. The molecule has 0 aromatic heterocycles. The highest BCUT2D eigenvalue weighted by molar-refractivity contribution is 5.78. The average Bonchev–Trinajstić information content (AvgIpc) is 2.40. The van der Waals surface area contributed by atoms with Gasteiger partial charge in [-0.3, -0.25) is 0 Å². The van der Waals surface area contributed by atoms with Crippen molar-refractivity contribution in [2.24, 2.45) is 5.92 Å².